The van der Waals surface area contributed by atoms with Crippen LogP contribution in [0.4, 0.5) is 11.6 Å². The van der Waals surface area contributed by atoms with E-state index < -0.39 is 10.0 Å². The SMILES string of the molecule is CC(C)c1ccc(/C=C/C(=O)Nc2ccc(S(=O)(=O)Nc3ncccn3)cc2)cc1. The van der Waals surface area contributed by atoms with Crippen LogP contribution in [-0.2, 0) is 14.8 Å². The molecule has 0 spiro atoms. The van der Waals surface area contributed by atoms with Crippen molar-refractivity contribution in [2.45, 2.75) is 24.7 Å². The predicted octanol–water partition coefficient (Wildman–Crippen LogP) is 4.05. The van der Waals surface area contributed by atoms with Gasteiger partial charge in [-0.3, -0.25) is 4.79 Å². The summed E-state index contributed by atoms with van der Waals surface area (Å²) in [7, 11) is -3.82. The predicted molar refractivity (Wildman–Crippen MR) is 117 cm³/mol. The fourth-order valence-electron chi connectivity index (χ4n) is 2.60. The van der Waals surface area contributed by atoms with Gasteiger partial charge in [-0.25, -0.2) is 23.1 Å². The highest BCUT2D eigenvalue weighted by Crippen LogP contribution is 2.17. The summed E-state index contributed by atoms with van der Waals surface area (Å²) in [5, 5.41) is 2.70. The van der Waals surface area contributed by atoms with E-state index in [9.17, 15) is 13.2 Å². The van der Waals surface area contributed by atoms with Crippen LogP contribution < -0.4 is 10.0 Å². The van der Waals surface area contributed by atoms with Gasteiger partial charge in [-0.2, -0.15) is 0 Å². The van der Waals surface area contributed by atoms with Crippen molar-refractivity contribution in [1.82, 2.24) is 9.97 Å². The van der Waals surface area contributed by atoms with E-state index in [0.717, 1.165) is 5.56 Å². The smallest absolute Gasteiger partial charge is 0.264 e. The second kappa shape index (κ2) is 9.32. The lowest BCUT2D eigenvalue weighted by atomic mass is 10.0. The molecule has 0 unspecified atom stereocenters. The van der Waals surface area contributed by atoms with E-state index in [1.165, 1.54) is 48.3 Å². The molecule has 0 saturated heterocycles. The summed E-state index contributed by atoms with van der Waals surface area (Å²) in [5.74, 6) is 0.129. The van der Waals surface area contributed by atoms with Crippen molar-refractivity contribution in [1.29, 1.82) is 0 Å². The number of aromatic nitrogens is 2. The third kappa shape index (κ3) is 5.74. The number of hydrogen-bond acceptors (Lipinski definition) is 5. The quantitative estimate of drug-likeness (QED) is 0.559. The average molecular weight is 423 g/mol. The molecule has 0 radical (unpaired) electrons. The third-order valence-corrected chi connectivity index (χ3v) is 5.60. The Balaban J connectivity index is 1.61. The maximum atomic E-state index is 12.4. The minimum absolute atomic E-state index is 0.0126. The number of sulfonamides is 1. The number of benzene rings is 2. The van der Waals surface area contributed by atoms with Crippen molar-refractivity contribution in [3.05, 3.63) is 84.2 Å². The summed E-state index contributed by atoms with van der Waals surface area (Å²) in [6.45, 7) is 4.25. The first-order valence-corrected chi connectivity index (χ1v) is 10.8. The van der Waals surface area contributed by atoms with Gasteiger partial charge in [0.1, 0.15) is 0 Å². The lowest BCUT2D eigenvalue weighted by Crippen LogP contribution is -2.15. The molecule has 0 aliphatic heterocycles. The van der Waals surface area contributed by atoms with Crippen LogP contribution in [0.3, 0.4) is 0 Å². The number of carbonyl (C=O) groups is 1. The Morgan fingerprint density at radius 2 is 1.60 bits per heavy atom. The summed E-state index contributed by atoms with van der Waals surface area (Å²) in [6, 6.07) is 15.4. The highest BCUT2D eigenvalue weighted by atomic mass is 32.2. The summed E-state index contributed by atoms with van der Waals surface area (Å²) >= 11 is 0. The molecule has 1 amide bonds. The van der Waals surface area contributed by atoms with Crippen molar-refractivity contribution >= 4 is 33.6 Å². The van der Waals surface area contributed by atoms with Crippen molar-refractivity contribution in [3.8, 4) is 0 Å². The summed E-state index contributed by atoms with van der Waals surface area (Å²) in [6.07, 6.45) is 6.04. The third-order valence-electron chi connectivity index (χ3n) is 4.25. The molecule has 0 saturated carbocycles. The normalized spacial score (nSPS) is 11.6. The Hall–Kier alpha value is -3.52. The molecule has 3 rings (SSSR count). The van der Waals surface area contributed by atoms with E-state index in [-0.39, 0.29) is 16.8 Å². The first-order valence-electron chi connectivity index (χ1n) is 9.32. The Morgan fingerprint density at radius 1 is 0.967 bits per heavy atom. The number of rotatable bonds is 7. The molecule has 0 bridgehead atoms. The minimum Gasteiger partial charge on any atom is -0.323 e. The number of nitrogens with one attached hydrogen (secondary N) is 2. The Kier molecular flexibility index (Phi) is 6.58. The van der Waals surface area contributed by atoms with E-state index in [1.807, 2.05) is 24.3 Å². The van der Waals surface area contributed by atoms with Crippen molar-refractivity contribution in [2.75, 3.05) is 10.0 Å². The summed E-state index contributed by atoms with van der Waals surface area (Å²) in [5.41, 5.74) is 2.64. The van der Waals surface area contributed by atoms with Crippen LogP contribution >= 0.6 is 0 Å². The van der Waals surface area contributed by atoms with E-state index in [2.05, 4.69) is 33.9 Å². The van der Waals surface area contributed by atoms with Crippen molar-refractivity contribution in [3.63, 3.8) is 0 Å². The minimum atomic E-state index is -3.82. The summed E-state index contributed by atoms with van der Waals surface area (Å²) in [4.78, 5) is 19.9. The van der Waals surface area contributed by atoms with E-state index in [0.29, 0.717) is 11.6 Å². The molecule has 2 aromatic carbocycles. The van der Waals surface area contributed by atoms with Gasteiger partial charge in [0.15, 0.2) is 0 Å². The molecule has 8 heteroatoms. The van der Waals surface area contributed by atoms with Gasteiger partial charge in [-0.05, 0) is 53.5 Å². The largest absolute Gasteiger partial charge is 0.323 e. The Morgan fingerprint density at radius 3 is 2.20 bits per heavy atom. The molecule has 1 aromatic heterocycles. The molecule has 0 fully saturated rings. The van der Waals surface area contributed by atoms with Crippen molar-refractivity contribution < 1.29 is 13.2 Å². The molecule has 0 atom stereocenters. The number of carbonyl (C=O) groups excluding carboxylic acids is 1. The van der Waals surface area contributed by atoms with Gasteiger partial charge >= 0.3 is 0 Å². The first-order chi connectivity index (χ1) is 14.3. The molecule has 2 N–H and O–H groups in total. The standard InChI is InChI=1S/C22H22N4O3S/c1-16(2)18-7-4-17(5-8-18)6-13-21(27)25-19-9-11-20(12-10-19)30(28,29)26-22-23-14-3-15-24-22/h3-16H,1-2H3,(H,25,27)(H,23,24,26)/b13-6+. The van der Waals surface area contributed by atoms with Crippen LogP contribution in [0.1, 0.15) is 30.9 Å². The van der Waals surface area contributed by atoms with Gasteiger partial charge in [-0.1, -0.05) is 38.1 Å². The van der Waals surface area contributed by atoms with Crippen molar-refractivity contribution in [2.24, 2.45) is 0 Å². The van der Waals surface area contributed by atoms with Crippen LogP contribution in [0.25, 0.3) is 6.08 Å². The molecule has 0 aliphatic carbocycles. The van der Waals surface area contributed by atoms with E-state index >= 15 is 0 Å². The number of anilines is 2. The average Bonchev–Trinajstić information content (AvgIpc) is 2.73. The van der Waals surface area contributed by atoms with Gasteiger partial charge in [-0.15, -0.1) is 0 Å². The van der Waals surface area contributed by atoms with Crippen LogP contribution in [0, 0.1) is 0 Å². The molecule has 154 valence electrons. The highest BCUT2D eigenvalue weighted by Gasteiger charge is 2.15. The van der Waals surface area contributed by atoms with Crippen LogP contribution in [0.15, 0.2) is 78.0 Å². The fraction of sp³-hybridized carbons (Fsp3) is 0.136. The zero-order valence-corrected chi connectivity index (χ0v) is 17.4. The van der Waals surface area contributed by atoms with Crippen LogP contribution in [-0.4, -0.2) is 24.3 Å². The second-order valence-electron chi connectivity index (χ2n) is 6.85. The lowest BCUT2D eigenvalue weighted by molar-refractivity contribution is -0.111. The van der Waals surface area contributed by atoms with Gasteiger partial charge < -0.3 is 5.32 Å². The number of amides is 1. The van der Waals surface area contributed by atoms with Gasteiger partial charge in [0.25, 0.3) is 10.0 Å². The Bertz CT molecular complexity index is 1130. The molecule has 1 heterocycles. The number of nitrogens with zero attached hydrogens (tertiary/aromatic N) is 2. The zero-order chi connectivity index (χ0) is 21.6. The van der Waals surface area contributed by atoms with E-state index in [4.69, 9.17) is 0 Å². The first kappa shape index (κ1) is 21.2. The van der Waals surface area contributed by atoms with E-state index in [1.54, 1.807) is 12.1 Å². The Labute approximate surface area is 176 Å². The molecular weight excluding hydrogens is 400 g/mol. The topological polar surface area (TPSA) is 101 Å². The summed E-state index contributed by atoms with van der Waals surface area (Å²) < 4.78 is 27.0. The van der Waals surface area contributed by atoms with Crippen LogP contribution in [0.5, 0.6) is 0 Å². The molecule has 3 aromatic rings. The number of hydrogen-bond donors (Lipinski definition) is 2. The zero-order valence-electron chi connectivity index (χ0n) is 16.6. The molecule has 30 heavy (non-hydrogen) atoms. The second-order valence-corrected chi connectivity index (χ2v) is 8.53. The maximum Gasteiger partial charge on any atom is 0.264 e. The van der Waals surface area contributed by atoms with Gasteiger partial charge in [0.05, 0.1) is 4.90 Å². The van der Waals surface area contributed by atoms with Gasteiger partial charge in [0, 0.05) is 24.2 Å². The fourth-order valence-corrected chi connectivity index (χ4v) is 3.55. The molecular formula is C22H22N4O3S. The molecule has 0 aliphatic rings. The molecule has 7 nitrogen and oxygen atoms in total. The monoisotopic (exact) mass is 422 g/mol. The van der Waals surface area contributed by atoms with Gasteiger partial charge in [0.2, 0.25) is 11.9 Å². The lowest BCUT2D eigenvalue weighted by Gasteiger charge is -2.07. The highest BCUT2D eigenvalue weighted by molar-refractivity contribution is 7.92. The maximum absolute atomic E-state index is 12.4. The van der Waals surface area contributed by atoms with Crippen LogP contribution in [0.2, 0.25) is 0 Å².